The van der Waals surface area contributed by atoms with Crippen LogP contribution in [0.4, 0.5) is 15.8 Å². The molecule has 1 amide bonds. The molecule has 1 aromatic heterocycles. The van der Waals surface area contributed by atoms with Crippen molar-refractivity contribution >= 4 is 28.9 Å². The summed E-state index contributed by atoms with van der Waals surface area (Å²) in [5, 5.41) is 6.61. The van der Waals surface area contributed by atoms with Crippen molar-refractivity contribution in [2.75, 3.05) is 17.2 Å². The fourth-order valence-corrected chi connectivity index (χ4v) is 2.68. The van der Waals surface area contributed by atoms with Gasteiger partial charge in [0.05, 0.1) is 11.9 Å². The van der Waals surface area contributed by atoms with Crippen molar-refractivity contribution in [3.05, 3.63) is 88.5 Å². The molecule has 1 heterocycles. The minimum atomic E-state index is -0.298. The van der Waals surface area contributed by atoms with E-state index in [1.165, 1.54) is 12.1 Å². The van der Waals surface area contributed by atoms with E-state index in [9.17, 15) is 9.18 Å². The summed E-state index contributed by atoms with van der Waals surface area (Å²) in [6.07, 6.45) is 2.37. The maximum absolute atomic E-state index is 12.9. The molecule has 4 nitrogen and oxygen atoms in total. The molecule has 0 unspecified atom stereocenters. The Labute approximate surface area is 162 Å². The monoisotopic (exact) mass is 383 g/mol. The second kappa shape index (κ2) is 8.64. The van der Waals surface area contributed by atoms with Crippen molar-refractivity contribution in [3.63, 3.8) is 0 Å². The lowest BCUT2D eigenvalue weighted by Crippen LogP contribution is -2.14. The standard InChI is InChI=1S/C21H19ClFN3O/c1-14-2-7-17(12-19(14)22)26-21(27)20-9-8-18(13-25-20)24-11-10-15-3-5-16(23)6-4-15/h2-9,12-13,24H,10-11H2,1H3,(H,26,27). The van der Waals surface area contributed by atoms with Crippen molar-refractivity contribution in [2.45, 2.75) is 13.3 Å². The van der Waals surface area contributed by atoms with Crippen LogP contribution in [-0.2, 0) is 6.42 Å². The number of hydrogen-bond donors (Lipinski definition) is 2. The number of halogens is 2. The van der Waals surface area contributed by atoms with E-state index in [0.717, 1.165) is 23.2 Å². The summed E-state index contributed by atoms with van der Waals surface area (Å²) in [7, 11) is 0. The molecule has 0 aliphatic carbocycles. The minimum Gasteiger partial charge on any atom is -0.383 e. The molecular weight excluding hydrogens is 365 g/mol. The van der Waals surface area contributed by atoms with Gasteiger partial charge in [0.2, 0.25) is 0 Å². The average molecular weight is 384 g/mol. The van der Waals surface area contributed by atoms with Crippen LogP contribution in [0.2, 0.25) is 5.02 Å². The van der Waals surface area contributed by atoms with Crippen molar-refractivity contribution in [1.29, 1.82) is 0 Å². The number of aromatic nitrogens is 1. The van der Waals surface area contributed by atoms with Gasteiger partial charge in [-0.15, -0.1) is 0 Å². The van der Waals surface area contributed by atoms with Crippen LogP contribution in [0.1, 0.15) is 21.6 Å². The molecule has 0 radical (unpaired) electrons. The van der Waals surface area contributed by atoms with Crippen molar-refractivity contribution < 1.29 is 9.18 Å². The first-order valence-electron chi connectivity index (χ1n) is 8.53. The molecule has 0 bridgehead atoms. The maximum atomic E-state index is 12.9. The molecule has 3 aromatic rings. The van der Waals surface area contributed by atoms with Crippen LogP contribution in [0, 0.1) is 12.7 Å². The van der Waals surface area contributed by atoms with Gasteiger partial charge in [-0.1, -0.05) is 29.8 Å². The number of pyridine rings is 1. The number of aryl methyl sites for hydroxylation is 1. The first-order chi connectivity index (χ1) is 13.0. The molecule has 0 aliphatic rings. The molecule has 0 saturated heterocycles. The molecule has 27 heavy (non-hydrogen) atoms. The Balaban J connectivity index is 1.53. The Morgan fingerprint density at radius 3 is 2.48 bits per heavy atom. The molecule has 0 aliphatic heterocycles. The van der Waals surface area contributed by atoms with Gasteiger partial charge in [-0.25, -0.2) is 9.37 Å². The zero-order chi connectivity index (χ0) is 19.2. The van der Waals surface area contributed by atoms with E-state index < -0.39 is 0 Å². The van der Waals surface area contributed by atoms with Gasteiger partial charge in [-0.2, -0.15) is 0 Å². The van der Waals surface area contributed by atoms with E-state index in [0.29, 0.717) is 22.9 Å². The quantitative estimate of drug-likeness (QED) is 0.623. The Morgan fingerprint density at radius 2 is 1.81 bits per heavy atom. The van der Waals surface area contributed by atoms with Crippen LogP contribution in [0.25, 0.3) is 0 Å². The Morgan fingerprint density at radius 1 is 1.07 bits per heavy atom. The Kier molecular flexibility index (Phi) is 6.04. The predicted molar refractivity (Wildman–Crippen MR) is 107 cm³/mol. The topological polar surface area (TPSA) is 54.0 Å². The fourth-order valence-electron chi connectivity index (χ4n) is 2.50. The Hall–Kier alpha value is -2.92. The first kappa shape index (κ1) is 18.9. The normalized spacial score (nSPS) is 10.5. The highest BCUT2D eigenvalue weighted by Gasteiger charge is 2.08. The smallest absolute Gasteiger partial charge is 0.274 e. The number of carbonyl (C=O) groups is 1. The lowest BCUT2D eigenvalue weighted by atomic mass is 10.1. The molecule has 0 saturated carbocycles. The van der Waals surface area contributed by atoms with Gasteiger partial charge in [0.25, 0.3) is 5.91 Å². The highest BCUT2D eigenvalue weighted by atomic mass is 35.5. The molecule has 0 fully saturated rings. The van der Waals surface area contributed by atoms with Crippen molar-refractivity contribution in [2.24, 2.45) is 0 Å². The third-order valence-electron chi connectivity index (χ3n) is 4.08. The van der Waals surface area contributed by atoms with E-state index in [4.69, 9.17) is 11.6 Å². The van der Waals surface area contributed by atoms with Crippen LogP contribution in [0.3, 0.4) is 0 Å². The minimum absolute atomic E-state index is 0.238. The van der Waals surface area contributed by atoms with Gasteiger partial charge < -0.3 is 10.6 Å². The molecule has 0 atom stereocenters. The molecule has 2 N–H and O–H groups in total. The summed E-state index contributed by atoms with van der Waals surface area (Å²) in [5.74, 6) is -0.537. The van der Waals surface area contributed by atoms with Crippen LogP contribution >= 0.6 is 11.6 Å². The lowest BCUT2D eigenvalue weighted by molar-refractivity contribution is 0.102. The number of nitrogens with one attached hydrogen (secondary N) is 2. The SMILES string of the molecule is Cc1ccc(NC(=O)c2ccc(NCCc3ccc(F)cc3)cn2)cc1Cl. The molecule has 2 aromatic carbocycles. The summed E-state index contributed by atoms with van der Waals surface area (Å²) < 4.78 is 12.9. The average Bonchev–Trinajstić information content (AvgIpc) is 2.67. The fraction of sp³-hybridized carbons (Fsp3) is 0.143. The molecular formula is C21H19ClFN3O. The number of anilines is 2. The summed E-state index contributed by atoms with van der Waals surface area (Å²) in [6.45, 7) is 2.58. The second-order valence-corrected chi connectivity index (χ2v) is 6.56. The van der Waals surface area contributed by atoms with Gasteiger partial charge >= 0.3 is 0 Å². The van der Waals surface area contributed by atoms with Gasteiger partial charge in [0.1, 0.15) is 11.5 Å². The van der Waals surface area contributed by atoms with E-state index in [-0.39, 0.29) is 11.7 Å². The van der Waals surface area contributed by atoms with Crippen LogP contribution in [-0.4, -0.2) is 17.4 Å². The number of benzene rings is 2. The third-order valence-corrected chi connectivity index (χ3v) is 4.49. The van der Waals surface area contributed by atoms with Gasteiger partial charge in [-0.05, 0) is 60.9 Å². The highest BCUT2D eigenvalue weighted by molar-refractivity contribution is 6.31. The summed E-state index contributed by atoms with van der Waals surface area (Å²) >= 11 is 6.07. The summed E-state index contributed by atoms with van der Waals surface area (Å²) in [6, 6.07) is 15.2. The van der Waals surface area contributed by atoms with E-state index in [1.807, 2.05) is 13.0 Å². The van der Waals surface area contributed by atoms with Gasteiger partial charge in [0, 0.05) is 17.3 Å². The van der Waals surface area contributed by atoms with E-state index in [1.54, 1.807) is 42.6 Å². The number of amides is 1. The van der Waals surface area contributed by atoms with Crippen LogP contribution in [0.5, 0.6) is 0 Å². The lowest BCUT2D eigenvalue weighted by Gasteiger charge is -2.08. The highest BCUT2D eigenvalue weighted by Crippen LogP contribution is 2.20. The van der Waals surface area contributed by atoms with E-state index >= 15 is 0 Å². The summed E-state index contributed by atoms with van der Waals surface area (Å²) in [5.41, 5.74) is 3.75. The number of rotatable bonds is 6. The molecule has 6 heteroatoms. The van der Waals surface area contributed by atoms with E-state index in [2.05, 4.69) is 15.6 Å². The predicted octanol–water partition coefficient (Wildman–Crippen LogP) is 5.09. The third kappa shape index (κ3) is 5.28. The van der Waals surface area contributed by atoms with Gasteiger partial charge in [-0.3, -0.25) is 4.79 Å². The van der Waals surface area contributed by atoms with Crippen LogP contribution < -0.4 is 10.6 Å². The first-order valence-corrected chi connectivity index (χ1v) is 8.91. The molecule has 0 spiro atoms. The Bertz CT molecular complexity index is 927. The zero-order valence-electron chi connectivity index (χ0n) is 14.8. The van der Waals surface area contributed by atoms with Crippen molar-refractivity contribution in [1.82, 2.24) is 4.98 Å². The van der Waals surface area contributed by atoms with Crippen LogP contribution in [0.15, 0.2) is 60.8 Å². The second-order valence-electron chi connectivity index (χ2n) is 6.15. The molecule has 3 rings (SSSR count). The number of carbonyl (C=O) groups excluding carboxylic acids is 1. The van der Waals surface area contributed by atoms with Crippen molar-refractivity contribution in [3.8, 4) is 0 Å². The summed E-state index contributed by atoms with van der Waals surface area (Å²) in [4.78, 5) is 16.5. The molecule has 138 valence electrons. The number of nitrogens with zero attached hydrogens (tertiary/aromatic N) is 1. The van der Waals surface area contributed by atoms with Gasteiger partial charge in [0.15, 0.2) is 0 Å². The maximum Gasteiger partial charge on any atom is 0.274 e. The number of hydrogen-bond acceptors (Lipinski definition) is 3. The zero-order valence-corrected chi connectivity index (χ0v) is 15.6. The largest absolute Gasteiger partial charge is 0.383 e.